The van der Waals surface area contributed by atoms with Crippen LogP contribution in [0.1, 0.15) is 16.7 Å². The molecule has 0 bridgehead atoms. The Labute approximate surface area is 166 Å². The lowest BCUT2D eigenvalue weighted by molar-refractivity contribution is -0.136. The fourth-order valence-electron chi connectivity index (χ4n) is 3.26. The molecule has 3 aromatic carbocycles. The van der Waals surface area contributed by atoms with Gasteiger partial charge in [-0.25, -0.2) is 0 Å². The minimum Gasteiger partial charge on any atom is -0.270 e. The molecule has 0 saturated heterocycles. The van der Waals surface area contributed by atoms with Crippen molar-refractivity contribution in [3.63, 3.8) is 0 Å². The number of rotatable bonds is 4. The Morgan fingerprint density at radius 2 is 1.07 bits per heavy atom. The smallest absolute Gasteiger partial charge is 0.262 e. The van der Waals surface area contributed by atoms with E-state index in [1.807, 2.05) is 84.9 Å². The van der Waals surface area contributed by atoms with Gasteiger partial charge in [0.1, 0.15) is 0 Å². The summed E-state index contributed by atoms with van der Waals surface area (Å²) in [5.41, 5.74) is 3.31. The summed E-state index contributed by atoms with van der Waals surface area (Å²) in [6, 6.07) is 26.4. The second-order valence-electron chi connectivity index (χ2n) is 6.27. The molecule has 0 spiro atoms. The quantitative estimate of drug-likeness (QED) is 0.564. The Bertz CT molecular complexity index is 981. The maximum atomic E-state index is 13.2. The van der Waals surface area contributed by atoms with Crippen molar-refractivity contribution in [3.8, 4) is 0 Å². The first-order valence-electron chi connectivity index (χ1n) is 8.61. The van der Waals surface area contributed by atoms with Crippen LogP contribution >= 0.6 is 15.9 Å². The number of halogens is 1. The van der Waals surface area contributed by atoms with Crippen LogP contribution in [0, 0.1) is 0 Å². The van der Waals surface area contributed by atoms with E-state index < -0.39 is 0 Å². The molecular formula is C23H16BrNO2. The van der Waals surface area contributed by atoms with Crippen molar-refractivity contribution in [2.75, 3.05) is 0 Å². The predicted molar refractivity (Wildman–Crippen MR) is 109 cm³/mol. The van der Waals surface area contributed by atoms with E-state index in [-0.39, 0.29) is 18.4 Å². The maximum absolute atomic E-state index is 13.2. The number of hydrogen-bond donors (Lipinski definition) is 0. The molecule has 4 heteroatoms. The van der Waals surface area contributed by atoms with Gasteiger partial charge in [0.2, 0.25) is 0 Å². The minimum atomic E-state index is -0.263. The van der Waals surface area contributed by atoms with Gasteiger partial charge in [0, 0.05) is 4.47 Å². The van der Waals surface area contributed by atoms with Crippen LogP contribution in [0.5, 0.6) is 0 Å². The number of benzene rings is 3. The average Bonchev–Trinajstić information content (AvgIpc) is 2.95. The standard InChI is InChI=1S/C23H16BrNO2/c24-19-14-8-7-13-18(19)15-25-22(26)20(16-9-3-1-4-10-16)21(23(25)27)17-11-5-2-6-12-17/h1-14H,15H2. The zero-order chi connectivity index (χ0) is 18.8. The largest absolute Gasteiger partial charge is 0.270 e. The van der Waals surface area contributed by atoms with Gasteiger partial charge in [0.25, 0.3) is 11.8 Å². The van der Waals surface area contributed by atoms with Gasteiger partial charge in [-0.1, -0.05) is 94.8 Å². The zero-order valence-electron chi connectivity index (χ0n) is 14.4. The summed E-state index contributed by atoms with van der Waals surface area (Å²) in [6.07, 6.45) is 0. The fraction of sp³-hybridized carbons (Fsp3) is 0.0435. The van der Waals surface area contributed by atoms with Crippen LogP contribution in [0.4, 0.5) is 0 Å². The van der Waals surface area contributed by atoms with Crippen molar-refractivity contribution >= 4 is 38.9 Å². The summed E-state index contributed by atoms with van der Waals surface area (Å²) < 4.78 is 0.875. The third kappa shape index (κ3) is 3.24. The van der Waals surface area contributed by atoms with E-state index in [4.69, 9.17) is 0 Å². The van der Waals surface area contributed by atoms with Crippen molar-refractivity contribution in [1.82, 2.24) is 4.90 Å². The van der Waals surface area contributed by atoms with Crippen molar-refractivity contribution in [2.45, 2.75) is 6.54 Å². The molecule has 0 fully saturated rings. The molecule has 0 saturated carbocycles. The Morgan fingerprint density at radius 1 is 0.630 bits per heavy atom. The monoisotopic (exact) mass is 417 g/mol. The van der Waals surface area contributed by atoms with E-state index in [1.165, 1.54) is 4.90 Å². The summed E-state index contributed by atoms with van der Waals surface area (Å²) in [6.45, 7) is 0.228. The minimum absolute atomic E-state index is 0.228. The van der Waals surface area contributed by atoms with Crippen LogP contribution < -0.4 is 0 Å². The number of carbonyl (C=O) groups excluding carboxylic acids is 2. The van der Waals surface area contributed by atoms with E-state index in [0.717, 1.165) is 21.2 Å². The summed E-state index contributed by atoms with van der Waals surface area (Å²) in [5, 5.41) is 0. The normalized spacial score (nSPS) is 14.2. The van der Waals surface area contributed by atoms with Gasteiger partial charge in [-0.2, -0.15) is 0 Å². The van der Waals surface area contributed by atoms with Crippen molar-refractivity contribution in [3.05, 3.63) is 106 Å². The van der Waals surface area contributed by atoms with E-state index in [2.05, 4.69) is 15.9 Å². The lowest BCUT2D eigenvalue weighted by atomic mass is 9.96. The van der Waals surface area contributed by atoms with Crippen molar-refractivity contribution < 1.29 is 9.59 Å². The van der Waals surface area contributed by atoms with Crippen LogP contribution in [0.25, 0.3) is 11.1 Å². The second kappa shape index (κ2) is 7.33. The molecule has 27 heavy (non-hydrogen) atoms. The third-order valence-electron chi connectivity index (χ3n) is 4.58. The van der Waals surface area contributed by atoms with Gasteiger partial charge in [-0.15, -0.1) is 0 Å². The SMILES string of the molecule is O=C1C(c2ccccc2)=C(c2ccccc2)C(=O)N1Cc1ccccc1Br. The Kier molecular flexibility index (Phi) is 4.73. The summed E-state index contributed by atoms with van der Waals surface area (Å²) in [4.78, 5) is 27.8. The first kappa shape index (κ1) is 17.4. The molecule has 2 amide bonds. The molecule has 1 heterocycles. The van der Waals surface area contributed by atoms with Gasteiger partial charge >= 0.3 is 0 Å². The molecule has 1 aliphatic rings. The highest BCUT2D eigenvalue weighted by Crippen LogP contribution is 2.36. The van der Waals surface area contributed by atoms with Crippen LogP contribution in [-0.4, -0.2) is 16.7 Å². The van der Waals surface area contributed by atoms with Crippen LogP contribution in [0.3, 0.4) is 0 Å². The maximum Gasteiger partial charge on any atom is 0.262 e. The molecule has 3 nitrogen and oxygen atoms in total. The molecule has 3 aromatic rings. The highest BCUT2D eigenvalue weighted by molar-refractivity contribution is 9.10. The first-order valence-corrected chi connectivity index (χ1v) is 9.41. The predicted octanol–water partition coefficient (Wildman–Crippen LogP) is 4.93. The van der Waals surface area contributed by atoms with E-state index in [1.54, 1.807) is 0 Å². The van der Waals surface area contributed by atoms with Gasteiger partial charge in [-0.3, -0.25) is 14.5 Å². The number of hydrogen-bond acceptors (Lipinski definition) is 2. The highest BCUT2D eigenvalue weighted by atomic mass is 79.9. The number of imide groups is 1. The van der Waals surface area contributed by atoms with Crippen molar-refractivity contribution in [1.29, 1.82) is 0 Å². The molecule has 0 unspecified atom stereocenters. The molecule has 0 atom stereocenters. The summed E-state index contributed by atoms with van der Waals surface area (Å²) in [5.74, 6) is -0.526. The lowest BCUT2D eigenvalue weighted by Crippen LogP contribution is -2.31. The molecular weight excluding hydrogens is 402 g/mol. The Balaban J connectivity index is 1.82. The van der Waals surface area contributed by atoms with E-state index in [0.29, 0.717) is 11.1 Å². The van der Waals surface area contributed by atoms with Gasteiger partial charge in [0.05, 0.1) is 17.7 Å². The fourth-order valence-corrected chi connectivity index (χ4v) is 3.67. The number of carbonyl (C=O) groups is 2. The summed E-state index contributed by atoms with van der Waals surface area (Å²) in [7, 11) is 0. The van der Waals surface area contributed by atoms with Gasteiger partial charge in [-0.05, 0) is 22.8 Å². The number of nitrogens with zero attached hydrogens (tertiary/aromatic N) is 1. The van der Waals surface area contributed by atoms with E-state index >= 15 is 0 Å². The second-order valence-corrected chi connectivity index (χ2v) is 7.12. The van der Waals surface area contributed by atoms with Gasteiger partial charge in [0.15, 0.2) is 0 Å². The molecule has 1 aliphatic heterocycles. The van der Waals surface area contributed by atoms with Crippen LogP contribution in [0.15, 0.2) is 89.4 Å². The van der Waals surface area contributed by atoms with Gasteiger partial charge < -0.3 is 0 Å². The molecule has 0 aliphatic carbocycles. The highest BCUT2D eigenvalue weighted by Gasteiger charge is 2.39. The molecule has 0 radical (unpaired) electrons. The lowest BCUT2D eigenvalue weighted by Gasteiger charge is -2.16. The van der Waals surface area contributed by atoms with Crippen LogP contribution in [-0.2, 0) is 16.1 Å². The topological polar surface area (TPSA) is 37.4 Å². The summed E-state index contributed by atoms with van der Waals surface area (Å²) >= 11 is 3.50. The third-order valence-corrected chi connectivity index (χ3v) is 5.35. The molecule has 0 aromatic heterocycles. The Hall–Kier alpha value is -2.98. The average molecular weight is 418 g/mol. The number of amides is 2. The van der Waals surface area contributed by atoms with E-state index in [9.17, 15) is 9.59 Å². The molecule has 0 N–H and O–H groups in total. The Morgan fingerprint density at radius 3 is 1.56 bits per heavy atom. The van der Waals surface area contributed by atoms with Crippen LogP contribution in [0.2, 0.25) is 0 Å². The molecule has 132 valence electrons. The van der Waals surface area contributed by atoms with Crippen molar-refractivity contribution in [2.24, 2.45) is 0 Å². The first-order chi connectivity index (χ1) is 13.2. The molecule has 4 rings (SSSR count). The zero-order valence-corrected chi connectivity index (χ0v) is 16.0.